The van der Waals surface area contributed by atoms with Crippen LogP contribution in [-0.2, 0) is 4.79 Å². The van der Waals surface area contributed by atoms with Crippen LogP contribution >= 0.6 is 0 Å². The maximum atomic E-state index is 12.3. The fourth-order valence-corrected chi connectivity index (χ4v) is 1.30. The summed E-state index contributed by atoms with van der Waals surface area (Å²) < 4.78 is 0. The number of carbonyl (C=O) groups is 1. The third-order valence-corrected chi connectivity index (χ3v) is 3.55. The lowest BCUT2D eigenvalue weighted by Crippen LogP contribution is -2.53. The Balaban J connectivity index is 2.95. The van der Waals surface area contributed by atoms with Crippen LogP contribution in [-0.4, -0.2) is 21.6 Å². The van der Waals surface area contributed by atoms with Crippen LogP contribution in [0.15, 0.2) is 0 Å². The Labute approximate surface area is 102 Å². The average Bonchev–Trinajstić information content (AvgIpc) is 2.47. The Morgan fingerprint density at radius 2 is 1.82 bits per heavy atom. The topological polar surface area (TPSA) is 83.8 Å². The first-order valence-corrected chi connectivity index (χ1v) is 5.69. The fourth-order valence-electron chi connectivity index (χ4n) is 1.30. The molecule has 0 aliphatic rings. The number of aromatic nitrogens is 2. The Morgan fingerprint density at radius 3 is 2.18 bits per heavy atom. The van der Waals surface area contributed by atoms with Gasteiger partial charge in [-0.05, 0) is 41.5 Å². The number of aryl methyl sites for hydroxylation is 2. The summed E-state index contributed by atoms with van der Waals surface area (Å²) in [6, 6.07) is 0. The zero-order valence-electron chi connectivity index (χ0n) is 11.4. The third-order valence-electron chi connectivity index (χ3n) is 3.55. The molecule has 0 aliphatic heterocycles. The molecule has 0 aromatic carbocycles. The van der Waals surface area contributed by atoms with Crippen molar-refractivity contribution in [3.63, 3.8) is 0 Å². The number of nitrogens with one attached hydrogen (secondary N) is 2. The monoisotopic (exact) mass is 238 g/mol. The van der Waals surface area contributed by atoms with E-state index in [2.05, 4.69) is 15.5 Å². The van der Waals surface area contributed by atoms with E-state index < -0.39 is 11.0 Å². The summed E-state index contributed by atoms with van der Waals surface area (Å²) in [6.45, 7) is 11.1. The number of H-pyrrole nitrogens is 1. The van der Waals surface area contributed by atoms with Gasteiger partial charge in [0.2, 0.25) is 5.91 Å². The van der Waals surface area contributed by atoms with Gasteiger partial charge in [0, 0.05) is 5.54 Å². The minimum absolute atomic E-state index is 0.0994. The first kappa shape index (κ1) is 13.7. The second kappa shape index (κ2) is 4.14. The lowest BCUT2D eigenvalue weighted by Gasteiger charge is -2.36. The highest BCUT2D eigenvalue weighted by molar-refractivity contribution is 5.96. The Hall–Kier alpha value is -1.36. The maximum Gasteiger partial charge on any atom is 0.231 e. The number of nitrogens with zero attached hydrogens (tertiary/aromatic N) is 1. The predicted molar refractivity (Wildman–Crippen MR) is 68.7 cm³/mol. The van der Waals surface area contributed by atoms with Crippen LogP contribution in [0.2, 0.25) is 0 Å². The fraction of sp³-hybridized carbons (Fsp3) is 0.667. The van der Waals surface area contributed by atoms with Crippen LogP contribution < -0.4 is 11.1 Å². The number of hydrogen-bond donors (Lipinski definition) is 3. The molecular weight excluding hydrogens is 216 g/mol. The number of carbonyl (C=O) groups excluding carboxylic acids is 1. The van der Waals surface area contributed by atoms with Crippen molar-refractivity contribution in [3.05, 3.63) is 11.4 Å². The van der Waals surface area contributed by atoms with E-state index in [-0.39, 0.29) is 5.91 Å². The molecule has 1 heterocycles. The Bertz CT molecular complexity index is 407. The summed E-state index contributed by atoms with van der Waals surface area (Å²) in [4.78, 5) is 12.3. The van der Waals surface area contributed by atoms with Gasteiger partial charge < -0.3 is 11.1 Å². The summed E-state index contributed by atoms with van der Waals surface area (Å²) in [5.74, 6) is -0.0994. The molecule has 4 N–H and O–H groups in total. The second-order valence-corrected chi connectivity index (χ2v) is 5.61. The van der Waals surface area contributed by atoms with Gasteiger partial charge >= 0.3 is 0 Å². The predicted octanol–water partition coefficient (Wildman–Crippen LogP) is 1.73. The molecule has 1 rings (SSSR count). The molecule has 0 radical (unpaired) electrons. The number of rotatable bonds is 3. The van der Waals surface area contributed by atoms with Crippen LogP contribution in [0, 0.1) is 19.3 Å². The number of anilines is 1. The summed E-state index contributed by atoms with van der Waals surface area (Å²) in [6.07, 6.45) is 0. The van der Waals surface area contributed by atoms with E-state index in [0.717, 1.165) is 17.1 Å². The zero-order valence-corrected chi connectivity index (χ0v) is 11.4. The number of aromatic amines is 1. The van der Waals surface area contributed by atoms with E-state index in [9.17, 15) is 4.79 Å². The van der Waals surface area contributed by atoms with E-state index in [1.165, 1.54) is 0 Å². The minimum atomic E-state index is -0.664. The van der Waals surface area contributed by atoms with Crippen molar-refractivity contribution in [3.8, 4) is 0 Å². The highest BCUT2D eigenvalue weighted by Crippen LogP contribution is 2.30. The summed E-state index contributed by atoms with van der Waals surface area (Å²) >= 11 is 0. The van der Waals surface area contributed by atoms with Crippen molar-refractivity contribution < 1.29 is 4.79 Å². The maximum absolute atomic E-state index is 12.3. The highest BCUT2D eigenvalue weighted by atomic mass is 16.2. The van der Waals surface area contributed by atoms with E-state index in [1.54, 1.807) is 0 Å². The van der Waals surface area contributed by atoms with Gasteiger partial charge in [0.25, 0.3) is 0 Å². The first-order chi connectivity index (χ1) is 7.57. The van der Waals surface area contributed by atoms with Gasteiger partial charge in [-0.1, -0.05) is 0 Å². The Kier molecular flexibility index (Phi) is 3.34. The van der Waals surface area contributed by atoms with Crippen LogP contribution in [0.4, 0.5) is 5.69 Å². The van der Waals surface area contributed by atoms with E-state index >= 15 is 0 Å². The van der Waals surface area contributed by atoms with E-state index in [1.807, 2.05) is 41.5 Å². The smallest absolute Gasteiger partial charge is 0.231 e. The molecule has 0 saturated heterocycles. The second-order valence-electron chi connectivity index (χ2n) is 5.61. The number of hydrogen-bond acceptors (Lipinski definition) is 3. The summed E-state index contributed by atoms with van der Waals surface area (Å²) in [5.41, 5.74) is 7.15. The quantitative estimate of drug-likeness (QED) is 0.749. The minimum Gasteiger partial charge on any atom is -0.325 e. The molecule has 0 atom stereocenters. The van der Waals surface area contributed by atoms with Crippen molar-refractivity contribution in [2.75, 3.05) is 5.32 Å². The van der Waals surface area contributed by atoms with Gasteiger partial charge in [0.1, 0.15) is 0 Å². The molecule has 0 aliphatic carbocycles. The molecule has 0 spiro atoms. The van der Waals surface area contributed by atoms with Crippen molar-refractivity contribution in [2.45, 2.75) is 47.1 Å². The van der Waals surface area contributed by atoms with Crippen LogP contribution in [0.3, 0.4) is 0 Å². The average molecular weight is 238 g/mol. The van der Waals surface area contributed by atoms with Gasteiger partial charge in [-0.2, -0.15) is 5.10 Å². The van der Waals surface area contributed by atoms with Gasteiger partial charge in [-0.3, -0.25) is 9.89 Å². The molecule has 96 valence electrons. The van der Waals surface area contributed by atoms with Gasteiger partial charge in [-0.15, -0.1) is 0 Å². The lowest BCUT2D eigenvalue weighted by molar-refractivity contribution is -0.126. The van der Waals surface area contributed by atoms with Crippen molar-refractivity contribution in [1.82, 2.24) is 10.2 Å². The lowest BCUT2D eigenvalue weighted by atomic mass is 9.74. The Morgan fingerprint density at radius 1 is 1.29 bits per heavy atom. The molecule has 5 heteroatoms. The molecule has 5 nitrogen and oxygen atoms in total. The van der Waals surface area contributed by atoms with Gasteiger partial charge in [0.15, 0.2) is 0 Å². The highest BCUT2D eigenvalue weighted by Gasteiger charge is 2.40. The zero-order chi connectivity index (χ0) is 13.4. The normalized spacial score (nSPS) is 12.6. The van der Waals surface area contributed by atoms with Crippen LogP contribution in [0.25, 0.3) is 0 Å². The van der Waals surface area contributed by atoms with Crippen molar-refractivity contribution in [1.29, 1.82) is 0 Å². The molecule has 17 heavy (non-hydrogen) atoms. The molecule has 0 fully saturated rings. The van der Waals surface area contributed by atoms with Gasteiger partial charge in [0.05, 0.1) is 22.5 Å². The summed E-state index contributed by atoms with van der Waals surface area (Å²) in [5, 5.41) is 9.77. The molecular formula is C12H22N4O. The van der Waals surface area contributed by atoms with Crippen LogP contribution in [0.1, 0.15) is 39.1 Å². The molecule has 0 unspecified atom stereocenters. The molecule has 0 bridgehead atoms. The van der Waals surface area contributed by atoms with E-state index in [0.29, 0.717) is 0 Å². The van der Waals surface area contributed by atoms with Gasteiger partial charge in [-0.25, -0.2) is 0 Å². The first-order valence-electron chi connectivity index (χ1n) is 5.69. The number of amides is 1. The molecule has 1 aromatic rings. The summed E-state index contributed by atoms with van der Waals surface area (Å²) in [7, 11) is 0. The van der Waals surface area contributed by atoms with Crippen molar-refractivity contribution >= 4 is 11.6 Å². The van der Waals surface area contributed by atoms with Crippen LogP contribution in [0.5, 0.6) is 0 Å². The SMILES string of the molecule is Cc1n[nH]c(C)c1NC(=O)C(C)(C)C(C)(C)N. The molecule has 0 saturated carbocycles. The van der Waals surface area contributed by atoms with E-state index in [4.69, 9.17) is 5.73 Å². The third kappa shape index (κ3) is 2.49. The number of nitrogens with two attached hydrogens (primary N) is 1. The standard InChI is InChI=1S/C12H22N4O/c1-7-9(8(2)16-15-7)14-10(17)11(3,4)12(5,6)13/h13H2,1-6H3,(H,14,17)(H,15,16). The largest absolute Gasteiger partial charge is 0.325 e. The molecule has 1 aromatic heterocycles. The molecule has 1 amide bonds. The van der Waals surface area contributed by atoms with Crippen molar-refractivity contribution in [2.24, 2.45) is 11.1 Å².